The van der Waals surface area contributed by atoms with Crippen LogP contribution in [0.3, 0.4) is 0 Å². The van der Waals surface area contributed by atoms with Crippen molar-refractivity contribution in [2.75, 3.05) is 0 Å². The average Bonchev–Trinajstić information content (AvgIpc) is 2.64. The van der Waals surface area contributed by atoms with Gasteiger partial charge in [0, 0.05) is 11.6 Å². The summed E-state index contributed by atoms with van der Waals surface area (Å²) >= 11 is 5.54. The Morgan fingerprint density at radius 1 is 1.18 bits per heavy atom. The molecule has 0 aliphatic heterocycles. The Bertz CT molecular complexity index is 571. The maximum absolute atomic E-state index is 13.4. The number of halogens is 4. The van der Waals surface area contributed by atoms with Crippen LogP contribution >= 0.6 is 11.6 Å². The summed E-state index contributed by atoms with van der Waals surface area (Å²) in [7, 11) is 0. The van der Waals surface area contributed by atoms with Crippen molar-refractivity contribution in [3.63, 3.8) is 0 Å². The molecule has 17 heavy (non-hydrogen) atoms. The largest absolute Gasteiger partial charge is 0.391 e. The molecule has 0 fully saturated rings. The lowest BCUT2D eigenvalue weighted by Gasteiger charge is -2.02. The summed E-state index contributed by atoms with van der Waals surface area (Å²) in [5.41, 5.74) is -0.478. The van der Waals surface area contributed by atoms with Crippen LogP contribution in [-0.2, 0) is 6.61 Å². The smallest absolute Gasteiger partial charge is 0.232 e. The van der Waals surface area contributed by atoms with Gasteiger partial charge in [0.25, 0.3) is 0 Å². The second-order valence-corrected chi connectivity index (χ2v) is 3.53. The molecule has 0 aliphatic rings. The zero-order valence-corrected chi connectivity index (χ0v) is 8.93. The minimum absolute atomic E-state index is 0.0107. The van der Waals surface area contributed by atoms with Gasteiger partial charge >= 0.3 is 0 Å². The first-order valence-corrected chi connectivity index (χ1v) is 4.82. The Morgan fingerprint density at radius 3 is 2.47 bits per heavy atom. The fourth-order valence-electron chi connectivity index (χ4n) is 1.34. The van der Waals surface area contributed by atoms with E-state index in [1.165, 1.54) is 0 Å². The van der Waals surface area contributed by atoms with Gasteiger partial charge in [-0.05, 0) is 17.7 Å². The standard InChI is InChI=1S/C10H5ClF3NO2/c11-10-5(3-16)9(15-17-10)4-1-7(13)8(14)2-6(4)12/h1-2,16H,3H2. The Morgan fingerprint density at radius 2 is 1.82 bits per heavy atom. The lowest BCUT2D eigenvalue weighted by Crippen LogP contribution is -1.94. The lowest BCUT2D eigenvalue weighted by atomic mass is 10.1. The highest BCUT2D eigenvalue weighted by atomic mass is 35.5. The van der Waals surface area contributed by atoms with Gasteiger partial charge in [0.1, 0.15) is 11.5 Å². The molecule has 0 saturated carbocycles. The van der Waals surface area contributed by atoms with E-state index < -0.39 is 24.1 Å². The second kappa shape index (κ2) is 4.38. The zero-order chi connectivity index (χ0) is 12.6. The van der Waals surface area contributed by atoms with Gasteiger partial charge in [0.15, 0.2) is 11.6 Å². The highest BCUT2D eigenvalue weighted by Crippen LogP contribution is 2.31. The van der Waals surface area contributed by atoms with Crippen LogP contribution in [-0.4, -0.2) is 10.3 Å². The Balaban J connectivity index is 2.64. The Hall–Kier alpha value is -1.53. The van der Waals surface area contributed by atoms with Crippen molar-refractivity contribution in [2.24, 2.45) is 0 Å². The molecule has 3 nitrogen and oxygen atoms in total. The van der Waals surface area contributed by atoms with Crippen LogP contribution in [0.2, 0.25) is 5.22 Å². The van der Waals surface area contributed by atoms with Gasteiger partial charge in [0.05, 0.1) is 12.2 Å². The fraction of sp³-hybridized carbons (Fsp3) is 0.100. The molecule has 0 radical (unpaired) electrons. The first-order valence-electron chi connectivity index (χ1n) is 4.44. The second-order valence-electron chi connectivity index (χ2n) is 3.19. The SMILES string of the molecule is OCc1c(-c2cc(F)c(F)cc2F)noc1Cl. The zero-order valence-electron chi connectivity index (χ0n) is 8.18. The van der Waals surface area contributed by atoms with Gasteiger partial charge in [-0.2, -0.15) is 0 Å². The number of aliphatic hydroxyl groups is 1. The van der Waals surface area contributed by atoms with E-state index in [-0.39, 0.29) is 22.0 Å². The number of rotatable bonds is 2. The third kappa shape index (κ3) is 2.01. The van der Waals surface area contributed by atoms with Gasteiger partial charge in [0.2, 0.25) is 5.22 Å². The summed E-state index contributed by atoms with van der Waals surface area (Å²) in [5.74, 6) is -3.57. The summed E-state index contributed by atoms with van der Waals surface area (Å²) in [6, 6.07) is 1.01. The third-order valence-corrected chi connectivity index (χ3v) is 2.46. The van der Waals surface area contributed by atoms with Crippen LogP contribution in [0.1, 0.15) is 5.56 Å². The molecule has 1 N–H and O–H groups in total. The van der Waals surface area contributed by atoms with Crippen molar-refractivity contribution in [2.45, 2.75) is 6.61 Å². The molecule has 0 amide bonds. The summed E-state index contributed by atoms with van der Waals surface area (Å²) in [6.07, 6.45) is 0. The quantitative estimate of drug-likeness (QED) is 0.848. The normalized spacial score (nSPS) is 10.9. The molecule has 0 atom stereocenters. The number of nitrogens with zero attached hydrogens (tertiary/aromatic N) is 1. The monoisotopic (exact) mass is 263 g/mol. The summed E-state index contributed by atoms with van der Waals surface area (Å²) in [4.78, 5) is 0. The minimum Gasteiger partial charge on any atom is -0.391 e. The molecule has 0 unspecified atom stereocenters. The molecule has 0 spiro atoms. The minimum atomic E-state index is -1.31. The van der Waals surface area contributed by atoms with Crippen LogP contribution in [0.4, 0.5) is 13.2 Å². The van der Waals surface area contributed by atoms with Gasteiger partial charge in [-0.25, -0.2) is 13.2 Å². The van der Waals surface area contributed by atoms with E-state index in [4.69, 9.17) is 16.7 Å². The average molecular weight is 264 g/mol. The van der Waals surface area contributed by atoms with Crippen molar-refractivity contribution in [1.82, 2.24) is 5.16 Å². The van der Waals surface area contributed by atoms with E-state index in [0.29, 0.717) is 12.1 Å². The van der Waals surface area contributed by atoms with Gasteiger partial charge in [-0.15, -0.1) is 0 Å². The van der Waals surface area contributed by atoms with Gasteiger partial charge in [-0.3, -0.25) is 0 Å². The molecular weight excluding hydrogens is 259 g/mol. The van der Waals surface area contributed by atoms with Crippen LogP contribution in [0.25, 0.3) is 11.3 Å². The van der Waals surface area contributed by atoms with Crippen LogP contribution in [0, 0.1) is 17.5 Å². The van der Waals surface area contributed by atoms with Crippen molar-refractivity contribution in [1.29, 1.82) is 0 Å². The molecule has 2 rings (SSSR count). The first-order chi connectivity index (χ1) is 8.04. The van der Waals surface area contributed by atoms with Crippen molar-refractivity contribution in [3.8, 4) is 11.3 Å². The number of benzene rings is 1. The molecule has 90 valence electrons. The molecule has 1 aromatic heterocycles. The van der Waals surface area contributed by atoms with Gasteiger partial charge < -0.3 is 9.63 Å². The highest BCUT2D eigenvalue weighted by molar-refractivity contribution is 6.29. The number of hydrogen-bond acceptors (Lipinski definition) is 3. The number of aromatic nitrogens is 1. The molecule has 0 aliphatic carbocycles. The molecule has 7 heteroatoms. The van der Waals surface area contributed by atoms with E-state index in [9.17, 15) is 13.2 Å². The maximum atomic E-state index is 13.4. The summed E-state index contributed by atoms with van der Waals surface area (Å²) in [6.45, 7) is -0.559. The lowest BCUT2D eigenvalue weighted by molar-refractivity contribution is 0.281. The number of hydrogen-bond donors (Lipinski definition) is 1. The summed E-state index contributed by atoms with van der Waals surface area (Å²) in [5, 5.41) is 12.2. The van der Waals surface area contributed by atoms with Crippen molar-refractivity contribution in [3.05, 3.63) is 40.4 Å². The van der Waals surface area contributed by atoms with Crippen molar-refractivity contribution >= 4 is 11.6 Å². The molecule has 0 bridgehead atoms. The predicted molar refractivity (Wildman–Crippen MR) is 52.7 cm³/mol. The van der Waals surface area contributed by atoms with E-state index >= 15 is 0 Å². The molecule has 1 aromatic carbocycles. The van der Waals surface area contributed by atoms with E-state index in [1.807, 2.05) is 0 Å². The van der Waals surface area contributed by atoms with Gasteiger partial charge in [-0.1, -0.05) is 5.16 Å². The molecule has 0 saturated heterocycles. The molecule has 2 aromatic rings. The third-order valence-electron chi connectivity index (χ3n) is 2.16. The Kier molecular flexibility index (Phi) is 3.08. The molecule has 1 heterocycles. The van der Waals surface area contributed by atoms with Crippen LogP contribution in [0.15, 0.2) is 16.7 Å². The van der Waals surface area contributed by atoms with Crippen LogP contribution in [0.5, 0.6) is 0 Å². The fourth-order valence-corrected chi connectivity index (χ4v) is 1.53. The summed E-state index contributed by atoms with van der Waals surface area (Å²) < 4.78 is 43.7. The van der Waals surface area contributed by atoms with E-state index in [1.54, 1.807) is 0 Å². The highest BCUT2D eigenvalue weighted by Gasteiger charge is 2.20. The Labute approximate surface area is 98.4 Å². The predicted octanol–water partition coefficient (Wildman–Crippen LogP) is 2.90. The maximum Gasteiger partial charge on any atom is 0.232 e. The topological polar surface area (TPSA) is 46.3 Å². The number of aliphatic hydroxyl groups excluding tert-OH is 1. The first kappa shape index (κ1) is 11.9. The van der Waals surface area contributed by atoms with E-state index in [2.05, 4.69) is 9.68 Å². The van der Waals surface area contributed by atoms with E-state index in [0.717, 1.165) is 0 Å². The van der Waals surface area contributed by atoms with Crippen LogP contribution < -0.4 is 0 Å². The van der Waals surface area contributed by atoms with Crippen molar-refractivity contribution < 1.29 is 22.8 Å². The molecular formula is C10H5ClF3NO2.